The number of benzene rings is 2. The van der Waals surface area contributed by atoms with Crippen LogP contribution in [0.15, 0.2) is 59.0 Å². The van der Waals surface area contributed by atoms with Crippen LogP contribution in [0.5, 0.6) is 11.5 Å². The molecule has 1 fully saturated rings. The molecule has 2 aromatic rings. The summed E-state index contributed by atoms with van der Waals surface area (Å²) in [6.07, 6.45) is 0.924. The third-order valence-corrected chi connectivity index (χ3v) is 8.32. The van der Waals surface area contributed by atoms with Crippen LogP contribution in [0, 0.1) is 6.92 Å². The molecule has 164 valence electrons. The van der Waals surface area contributed by atoms with Crippen molar-refractivity contribution in [3.8, 4) is 11.5 Å². The normalized spacial score (nSPS) is 27.8. The highest BCUT2D eigenvalue weighted by Crippen LogP contribution is 2.46. The van der Waals surface area contributed by atoms with Crippen LogP contribution in [0.4, 0.5) is 0 Å². The smallest absolute Gasteiger partial charge is 0.243 e. The number of aliphatic hydroxyl groups is 1. The van der Waals surface area contributed by atoms with Crippen LogP contribution < -0.4 is 9.47 Å². The van der Waals surface area contributed by atoms with Gasteiger partial charge in [-0.25, -0.2) is 8.42 Å². The number of sulfonamides is 1. The number of hydrogen-bond acceptors (Lipinski definition) is 6. The first-order valence-electron chi connectivity index (χ1n) is 10.3. The van der Waals surface area contributed by atoms with Gasteiger partial charge in [-0.05, 0) is 48.7 Å². The second-order valence-electron chi connectivity index (χ2n) is 8.24. The summed E-state index contributed by atoms with van der Waals surface area (Å²) in [5, 5.41) is 10.6. The number of fused-ring (bicyclic) bond motifs is 2. The van der Waals surface area contributed by atoms with Gasteiger partial charge in [-0.1, -0.05) is 29.8 Å². The molecule has 0 bridgehead atoms. The monoisotopic (exact) mass is 443 g/mol. The number of hydrogen-bond donors (Lipinski definition) is 1. The molecule has 0 aromatic heterocycles. The maximum Gasteiger partial charge on any atom is 0.243 e. The van der Waals surface area contributed by atoms with Crippen LogP contribution in [0.25, 0.3) is 0 Å². The molecule has 2 aromatic carbocycles. The van der Waals surface area contributed by atoms with Crippen LogP contribution in [-0.4, -0.2) is 56.5 Å². The number of aliphatic hydroxyl groups excluding tert-OH is 1. The Morgan fingerprint density at radius 2 is 1.84 bits per heavy atom. The molecule has 2 heterocycles. The van der Waals surface area contributed by atoms with Crippen molar-refractivity contribution >= 4 is 10.0 Å². The van der Waals surface area contributed by atoms with E-state index in [2.05, 4.69) is 0 Å². The Labute approximate surface area is 181 Å². The van der Waals surface area contributed by atoms with Crippen molar-refractivity contribution < 1.29 is 27.7 Å². The van der Waals surface area contributed by atoms with Crippen molar-refractivity contribution in [3.05, 3.63) is 65.2 Å². The van der Waals surface area contributed by atoms with Gasteiger partial charge in [0.1, 0.15) is 0 Å². The lowest BCUT2D eigenvalue weighted by Gasteiger charge is -2.33. The van der Waals surface area contributed by atoms with E-state index in [1.54, 1.807) is 34.6 Å². The zero-order chi connectivity index (χ0) is 21.8. The summed E-state index contributed by atoms with van der Waals surface area (Å²) < 4.78 is 45.1. The fraction of sp³-hybridized carbons (Fsp3) is 0.391. The minimum atomic E-state index is -3.73. The molecule has 1 N–H and O–H groups in total. The summed E-state index contributed by atoms with van der Waals surface area (Å²) in [4.78, 5) is 0.267. The van der Waals surface area contributed by atoms with Crippen LogP contribution in [0.1, 0.15) is 23.5 Å². The lowest BCUT2D eigenvalue weighted by Crippen LogP contribution is -2.43. The van der Waals surface area contributed by atoms with Gasteiger partial charge in [-0.3, -0.25) is 0 Å². The molecule has 3 aliphatic rings. The van der Waals surface area contributed by atoms with Gasteiger partial charge in [-0.15, -0.1) is 0 Å². The molecule has 0 unspecified atom stereocenters. The molecule has 0 amide bonds. The molecule has 1 aliphatic carbocycles. The number of ether oxygens (including phenoxy) is 3. The minimum absolute atomic E-state index is 0.178. The van der Waals surface area contributed by atoms with Crippen molar-refractivity contribution in [2.24, 2.45) is 0 Å². The Balaban J connectivity index is 1.57. The van der Waals surface area contributed by atoms with E-state index in [1.165, 1.54) is 7.11 Å². The van der Waals surface area contributed by atoms with E-state index >= 15 is 0 Å². The first kappa shape index (κ1) is 20.5. The SMILES string of the molecule is CO[C@@H]1C[C@@H]2C(=C[C@@H]1O)[C@H](c1ccc3c(c1)OCO3)CN2S(=O)(=O)c1ccc(C)cc1. The quantitative estimate of drug-likeness (QED) is 0.732. The van der Waals surface area contributed by atoms with E-state index in [0.29, 0.717) is 17.9 Å². The highest BCUT2D eigenvalue weighted by molar-refractivity contribution is 7.89. The van der Waals surface area contributed by atoms with E-state index in [1.807, 2.05) is 25.1 Å². The highest BCUT2D eigenvalue weighted by atomic mass is 32.2. The zero-order valence-electron chi connectivity index (χ0n) is 17.4. The fourth-order valence-corrected chi connectivity index (χ4v) is 6.37. The minimum Gasteiger partial charge on any atom is -0.454 e. The third-order valence-electron chi connectivity index (χ3n) is 6.43. The average molecular weight is 444 g/mol. The van der Waals surface area contributed by atoms with E-state index in [4.69, 9.17) is 14.2 Å². The third kappa shape index (κ3) is 3.43. The summed E-state index contributed by atoms with van der Waals surface area (Å²) >= 11 is 0. The number of nitrogens with zero attached hydrogens (tertiary/aromatic N) is 1. The Morgan fingerprint density at radius 1 is 1.10 bits per heavy atom. The highest BCUT2D eigenvalue weighted by Gasteiger charge is 2.48. The largest absolute Gasteiger partial charge is 0.454 e. The maximum atomic E-state index is 13.6. The molecule has 31 heavy (non-hydrogen) atoms. The zero-order valence-corrected chi connectivity index (χ0v) is 18.2. The first-order chi connectivity index (χ1) is 14.9. The fourth-order valence-electron chi connectivity index (χ4n) is 4.73. The van der Waals surface area contributed by atoms with Crippen LogP contribution in [0.3, 0.4) is 0 Å². The van der Waals surface area contributed by atoms with Gasteiger partial charge in [0.15, 0.2) is 11.5 Å². The van der Waals surface area contributed by atoms with E-state index < -0.39 is 22.2 Å². The van der Waals surface area contributed by atoms with Gasteiger partial charge in [0.2, 0.25) is 16.8 Å². The molecular weight excluding hydrogens is 418 g/mol. The van der Waals surface area contributed by atoms with E-state index in [9.17, 15) is 13.5 Å². The Bertz CT molecular complexity index is 1130. The van der Waals surface area contributed by atoms with Gasteiger partial charge in [0, 0.05) is 25.6 Å². The van der Waals surface area contributed by atoms with Crippen LogP contribution in [0.2, 0.25) is 0 Å². The van der Waals surface area contributed by atoms with Crippen molar-refractivity contribution in [2.45, 2.75) is 42.4 Å². The topological polar surface area (TPSA) is 85.3 Å². The lowest BCUT2D eigenvalue weighted by atomic mass is 9.83. The molecule has 4 atom stereocenters. The molecule has 7 nitrogen and oxygen atoms in total. The van der Waals surface area contributed by atoms with Crippen LogP contribution in [-0.2, 0) is 14.8 Å². The number of rotatable bonds is 4. The molecule has 1 saturated heterocycles. The maximum absolute atomic E-state index is 13.6. The van der Waals surface area contributed by atoms with Gasteiger partial charge >= 0.3 is 0 Å². The summed E-state index contributed by atoms with van der Waals surface area (Å²) in [7, 11) is -2.19. The molecule has 0 radical (unpaired) electrons. The van der Waals surface area contributed by atoms with E-state index in [-0.39, 0.29) is 30.2 Å². The molecule has 2 aliphatic heterocycles. The van der Waals surface area contributed by atoms with Crippen molar-refractivity contribution in [1.29, 1.82) is 0 Å². The average Bonchev–Trinajstić information content (AvgIpc) is 3.37. The number of aryl methyl sites for hydroxylation is 1. The number of methoxy groups -OCH3 is 1. The molecule has 8 heteroatoms. The van der Waals surface area contributed by atoms with Crippen LogP contribution >= 0.6 is 0 Å². The predicted octanol–water partition coefficient (Wildman–Crippen LogP) is 2.59. The molecule has 5 rings (SSSR count). The first-order valence-corrected chi connectivity index (χ1v) is 11.7. The molecular formula is C23H25NO6S. The summed E-state index contributed by atoms with van der Waals surface area (Å²) in [6.45, 7) is 2.39. The second-order valence-corrected chi connectivity index (χ2v) is 10.1. The van der Waals surface area contributed by atoms with Crippen molar-refractivity contribution in [1.82, 2.24) is 4.31 Å². The second kappa shape index (κ2) is 7.63. The van der Waals surface area contributed by atoms with Crippen molar-refractivity contribution in [3.63, 3.8) is 0 Å². The van der Waals surface area contributed by atoms with Gasteiger partial charge in [0.05, 0.1) is 17.1 Å². The lowest BCUT2D eigenvalue weighted by molar-refractivity contribution is -0.00558. The Kier molecular flexibility index (Phi) is 5.05. The van der Waals surface area contributed by atoms with E-state index in [0.717, 1.165) is 16.7 Å². The Hall–Kier alpha value is -2.39. The van der Waals surface area contributed by atoms with Gasteiger partial charge in [-0.2, -0.15) is 4.31 Å². The predicted molar refractivity (Wildman–Crippen MR) is 114 cm³/mol. The molecule has 0 spiro atoms. The standard InChI is InChI=1S/C23H25NO6S/c1-14-3-6-16(7-4-14)31(26,27)24-12-18(15-5-8-21-23(9-15)30-13-29-21)17-10-20(25)22(28-2)11-19(17)24/h3-10,18-20,22,25H,11-13H2,1-2H3/t18-,19+,20-,22+/m0/s1. The summed E-state index contributed by atoms with van der Waals surface area (Å²) in [5.41, 5.74) is 2.83. The van der Waals surface area contributed by atoms with Crippen molar-refractivity contribution in [2.75, 3.05) is 20.4 Å². The molecule has 0 saturated carbocycles. The summed E-state index contributed by atoms with van der Waals surface area (Å²) in [5.74, 6) is 1.15. The van der Waals surface area contributed by atoms with Gasteiger partial charge in [0.25, 0.3) is 0 Å². The summed E-state index contributed by atoms with van der Waals surface area (Å²) in [6, 6.07) is 12.2. The Morgan fingerprint density at radius 3 is 2.58 bits per heavy atom. The van der Waals surface area contributed by atoms with Gasteiger partial charge < -0.3 is 19.3 Å².